The van der Waals surface area contributed by atoms with Crippen LogP contribution in [0.5, 0.6) is 11.5 Å². The Morgan fingerprint density at radius 1 is 0.952 bits per heavy atom. The van der Waals surface area contributed by atoms with Gasteiger partial charge in [-0.15, -0.1) is 0 Å². The van der Waals surface area contributed by atoms with Gasteiger partial charge in [0.05, 0.1) is 11.9 Å². The molecule has 0 fully saturated rings. The van der Waals surface area contributed by atoms with Gasteiger partial charge in [-0.3, -0.25) is 13.9 Å². The molecule has 1 aliphatic rings. The first-order chi connectivity index (χ1) is 20.2. The van der Waals surface area contributed by atoms with Gasteiger partial charge in [-0.1, -0.05) is 54.1 Å². The van der Waals surface area contributed by atoms with Crippen LogP contribution in [0, 0.1) is 0 Å². The second kappa shape index (κ2) is 14.4. The largest absolute Gasteiger partial charge is 0.486 e. The van der Waals surface area contributed by atoms with Gasteiger partial charge in [0.15, 0.2) is 11.5 Å². The zero-order chi connectivity index (χ0) is 30.1. The van der Waals surface area contributed by atoms with Crippen molar-refractivity contribution in [1.29, 1.82) is 0 Å². The highest BCUT2D eigenvalue weighted by Gasteiger charge is 2.30. The monoisotopic (exact) mass is 613 g/mol. The van der Waals surface area contributed by atoms with E-state index < -0.39 is 16.1 Å². The van der Waals surface area contributed by atoms with Crippen LogP contribution >= 0.6 is 11.6 Å². The predicted molar refractivity (Wildman–Crippen MR) is 163 cm³/mol. The minimum Gasteiger partial charge on any atom is -0.486 e. The lowest BCUT2D eigenvalue weighted by atomic mass is 10.0. The van der Waals surface area contributed by atoms with Crippen LogP contribution in [0.2, 0.25) is 5.02 Å². The first kappa shape index (κ1) is 31.2. The van der Waals surface area contributed by atoms with E-state index in [9.17, 15) is 18.0 Å². The molecule has 0 unspecified atom stereocenters. The Kier molecular flexibility index (Phi) is 10.7. The van der Waals surface area contributed by atoms with E-state index in [0.717, 1.165) is 17.4 Å². The molecule has 1 heterocycles. The molecule has 2 amide bonds. The van der Waals surface area contributed by atoms with E-state index in [1.54, 1.807) is 35.2 Å². The third-order valence-corrected chi connectivity index (χ3v) is 8.30. The van der Waals surface area contributed by atoms with Gasteiger partial charge in [0, 0.05) is 43.6 Å². The van der Waals surface area contributed by atoms with Crippen molar-refractivity contribution < 1.29 is 27.5 Å². The maximum absolute atomic E-state index is 13.8. The standard InChI is InChI=1S/C31H36ClN3O6S/c1-3-33-31(37)27(20-23-8-5-4-6-9-23)34(22-24-11-13-25(32)14-12-24)30(36)10-7-17-35(42(2,38)39)26-15-16-28-29(21-26)41-19-18-40-28/h4-6,8-9,11-16,21,27H,3,7,10,17-20,22H2,1-2H3,(H,33,37)/t27-/m1/s1. The molecule has 11 heteroatoms. The topological polar surface area (TPSA) is 105 Å². The van der Waals surface area contributed by atoms with Crippen molar-refractivity contribution in [3.63, 3.8) is 0 Å². The summed E-state index contributed by atoms with van der Waals surface area (Å²) in [5, 5.41) is 3.44. The molecule has 3 aromatic carbocycles. The van der Waals surface area contributed by atoms with Crippen molar-refractivity contribution in [3.05, 3.63) is 88.9 Å². The van der Waals surface area contributed by atoms with E-state index >= 15 is 0 Å². The first-order valence-electron chi connectivity index (χ1n) is 13.9. The van der Waals surface area contributed by atoms with Crippen LogP contribution in [0.3, 0.4) is 0 Å². The average molecular weight is 614 g/mol. The Hall–Kier alpha value is -3.76. The first-order valence-corrected chi connectivity index (χ1v) is 16.1. The van der Waals surface area contributed by atoms with Crippen LogP contribution in [0.4, 0.5) is 5.69 Å². The third kappa shape index (κ3) is 8.39. The Balaban J connectivity index is 1.55. The highest BCUT2D eigenvalue weighted by molar-refractivity contribution is 7.92. The molecular formula is C31H36ClN3O6S. The predicted octanol–water partition coefficient (Wildman–Crippen LogP) is 4.43. The molecule has 0 bridgehead atoms. The fourth-order valence-corrected chi connectivity index (χ4v) is 5.91. The number of likely N-dealkylation sites (N-methyl/N-ethyl adjacent to an activating group) is 1. The summed E-state index contributed by atoms with van der Waals surface area (Å²) >= 11 is 6.08. The van der Waals surface area contributed by atoms with Gasteiger partial charge in [-0.05, 0) is 48.7 Å². The molecule has 1 N–H and O–H groups in total. The molecule has 0 radical (unpaired) electrons. The number of ether oxygens (including phenoxy) is 2. The van der Waals surface area contributed by atoms with Crippen molar-refractivity contribution in [2.45, 2.75) is 38.8 Å². The van der Waals surface area contributed by atoms with Gasteiger partial charge >= 0.3 is 0 Å². The number of nitrogens with one attached hydrogen (secondary N) is 1. The number of anilines is 1. The van der Waals surface area contributed by atoms with Gasteiger partial charge in [-0.25, -0.2) is 8.42 Å². The molecule has 1 atom stereocenters. The minimum absolute atomic E-state index is 0.0366. The molecule has 224 valence electrons. The van der Waals surface area contributed by atoms with E-state index in [-0.39, 0.29) is 37.7 Å². The number of halogens is 1. The fourth-order valence-electron chi connectivity index (χ4n) is 4.82. The third-order valence-electron chi connectivity index (χ3n) is 6.85. The fraction of sp³-hybridized carbons (Fsp3) is 0.355. The summed E-state index contributed by atoms with van der Waals surface area (Å²) in [7, 11) is -3.66. The number of benzene rings is 3. The molecule has 4 rings (SSSR count). The van der Waals surface area contributed by atoms with Crippen LogP contribution in [0.25, 0.3) is 0 Å². The number of nitrogens with zero attached hydrogens (tertiary/aromatic N) is 2. The van der Waals surface area contributed by atoms with Crippen LogP contribution in [0.15, 0.2) is 72.8 Å². The van der Waals surface area contributed by atoms with E-state index in [0.29, 0.717) is 48.4 Å². The lowest BCUT2D eigenvalue weighted by Gasteiger charge is -2.32. The van der Waals surface area contributed by atoms with Crippen LogP contribution in [-0.4, -0.2) is 63.7 Å². The molecule has 0 aromatic heterocycles. The van der Waals surface area contributed by atoms with Gasteiger partial charge in [0.2, 0.25) is 21.8 Å². The summed E-state index contributed by atoms with van der Waals surface area (Å²) in [6, 6.07) is 20.9. The van der Waals surface area contributed by atoms with E-state index in [2.05, 4.69) is 5.32 Å². The molecule has 42 heavy (non-hydrogen) atoms. The summed E-state index contributed by atoms with van der Waals surface area (Å²) in [6.45, 7) is 3.33. The highest BCUT2D eigenvalue weighted by atomic mass is 35.5. The maximum atomic E-state index is 13.8. The number of hydrogen-bond acceptors (Lipinski definition) is 6. The van der Waals surface area contributed by atoms with Crippen molar-refractivity contribution in [2.24, 2.45) is 0 Å². The highest BCUT2D eigenvalue weighted by Crippen LogP contribution is 2.34. The molecular weight excluding hydrogens is 578 g/mol. The van der Waals surface area contributed by atoms with E-state index in [1.807, 2.05) is 49.4 Å². The number of carbonyl (C=O) groups is 2. The number of carbonyl (C=O) groups excluding carboxylic acids is 2. The van der Waals surface area contributed by atoms with Gasteiger partial charge in [0.25, 0.3) is 0 Å². The molecule has 0 saturated heterocycles. The number of rotatable bonds is 13. The van der Waals surface area contributed by atoms with Crippen molar-refractivity contribution in [3.8, 4) is 11.5 Å². The Bertz CT molecular complexity index is 1470. The van der Waals surface area contributed by atoms with Gasteiger partial charge < -0.3 is 19.7 Å². The maximum Gasteiger partial charge on any atom is 0.243 e. The van der Waals surface area contributed by atoms with Crippen LogP contribution < -0.4 is 19.1 Å². The normalized spacial score (nSPS) is 13.2. The lowest BCUT2D eigenvalue weighted by molar-refractivity contribution is -0.141. The summed E-state index contributed by atoms with van der Waals surface area (Å²) in [5.41, 5.74) is 2.17. The zero-order valence-electron chi connectivity index (χ0n) is 23.8. The van der Waals surface area contributed by atoms with Crippen molar-refractivity contribution >= 4 is 39.1 Å². The molecule has 0 aliphatic carbocycles. The molecule has 0 spiro atoms. The number of amides is 2. The van der Waals surface area contributed by atoms with Gasteiger partial charge in [-0.2, -0.15) is 0 Å². The molecule has 0 saturated carbocycles. The minimum atomic E-state index is -3.66. The second-order valence-electron chi connectivity index (χ2n) is 10.0. The van der Waals surface area contributed by atoms with Crippen LogP contribution in [0.1, 0.15) is 30.9 Å². The molecule has 1 aliphatic heterocycles. The average Bonchev–Trinajstić information content (AvgIpc) is 2.97. The summed E-state index contributed by atoms with van der Waals surface area (Å²) in [5.74, 6) is 0.523. The van der Waals surface area contributed by atoms with Gasteiger partial charge in [0.1, 0.15) is 19.3 Å². The van der Waals surface area contributed by atoms with Crippen LogP contribution in [-0.2, 0) is 32.6 Å². The number of hydrogen-bond donors (Lipinski definition) is 1. The van der Waals surface area contributed by atoms with Crippen molar-refractivity contribution in [2.75, 3.05) is 36.9 Å². The van der Waals surface area contributed by atoms with E-state index in [4.69, 9.17) is 21.1 Å². The SMILES string of the molecule is CCNC(=O)[C@@H](Cc1ccccc1)N(Cc1ccc(Cl)cc1)C(=O)CCCN(c1ccc2c(c1)OCCO2)S(C)(=O)=O. The van der Waals surface area contributed by atoms with E-state index in [1.165, 1.54) is 4.31 Å². The lowest BCUT2D eigenvalue weighted by Crippen LogP contribution is -2.50. The van der Waals surface area contributed by atoms with Crippen molar-refractivity contribution in [1.82, 2.24) is 10.2 Å². The number of sulfonamides is 1. The number of fused-ring (bicyclic) bond motifs is 1. The second-order valence-corrected chi connectivity index (χ2v) is 12.4. The quantitative estimate of drug-likeness (QED) is 0.306. The zero-order valence-corrected chi connectivity index (χ0v) is 25.4. The summed E-state index contributed by atoms with van der Waals surface area (Å²) < 4.78 is 37.9. The summed E-state index contributed by atoms with van der Waals surface area (Å²) in [4.78, 5) is 28.7. The Morgan fingerprint density at radius 3 is 2.31 bits per heavy atom. The smallest absolute Gasteiger partial charge is 0.243 e. The molecule has 9 nitrogen and oxygen atoms in total. The Labute approximate surface area is 252 Å². The molecule has 3 aromatic rings. The summed E-state index contributed by atoms with van der Waals surface area (Å²) in [6.07, 6.45) is 1.74. The Morgan fingerprint density at radius 2 is 1.64 bits per heavy atom.